The number of piperidine rings is 1. The van der Waals surface area contributed by atoms with Gasteiger partial charge in [-0.05, 0) is 43.2 Å². The zero-order valence-corrected chi connectivity index (χ0v) is 16.5. The van der Waals surface area contributed by atoms with Crippen molar-refractivity contribution < 1.29 is 18.2 Å². The second-order valence-corrected chi connectivity index (χ2v) is 9.02. The minimum absolute atomic E-state index is 0.0953. The molecule has 144 valence electrons. The van der Waals surface area contributed by atoms with E-state index in [1.54, 1.807) is 28.6 Å². The summed E-state index contributed by atoms with van der Waals surface area (Å²) in [6, 6.07) is 10.1. The summed E-state index contributed by atoms with van der Waals surface area (Å²) in [5.41, 5.74) is 1.57. The molecule has 1 aromatic heterocycles. The zero-order valence-electron chi connectivity index (χ0n) is 15.7. The van der Waals surface area contributed by atoms with Gasteiger partial charge < -0.3 is 5.32 Å². The van der Waals surface area contributed by atoms with Gasteiger partial charge >= 0.3 is 0 Å². The number of benzene rings is 1. The van der Waals surface area contributed by atoms with Crippen LogP contribution < -0.4 is 10.3 Å². The number of amides is 1. The molecule has 1 fully saturated rings. The Labute approximate surface area is 160 Å². The molecule has 1 saturated heterocycles. The summed E-state index contributed by atoms with van der Waals surface area (Å²) in [5, 5.41) is 2.78. The molecule has 1 amide bonds. The third-order valence-electron chi connectivity index (χ3n) is 4.82. The summed E-state index contributed by atoms with van der Waals surface area (Å²) >= 11 is 0. The van der Waals surface area contributed by atoms with Crippen molar-refractivity contribution in [1.29, 1.82) is 0 Å². The van der Waals surface area contributed by atoms with E-state index >= 15 is 0 Å². The zero-order chi connectivity index (χ0) is 19.4. The summed E-state index contributed by atoms with van der Waals surface area (Å²) in [5.74, 6) is -0.229. The molecular weight excluding hydrogens is 362 g/mol. The lowest BCUT2D eigenvalue weighted by molar-refractivity contribution is -0.379. The van der Waals surface area contributed by atoms with E-state index in [4.69, 9.17) is 0 Å². The Bertz CT molecular complexity index is 880. The van der Waals surface area contributed by atoms with Crippen LogP contribution in [0.15, 0.2) is 53.7 Å². The van der Waals surface area contributed by atoms with Crippen molar-refractivity contribution in [3.05, 3.63) is 54.4 Å². The Hall–Kier alpha value is -2.25. The van der Waals surface area contributed by atoms with Crippen molar-refractivity contribution in [2.45, 2.75) is 44.0 Å². The number of hydrogen-bond acceptors (Lipinski definition) is 3. The van der Waals surface area contributed by atoms with Crippen molar-refractivity contribution in [1.82, 2.24) is 4.31 Å². The Morgan fingerprint density at radius 2 is 1.93 bits per heavy atom. The van der Waals surface area contributed by atoms with Crippen molar-refractivity contribution in [3.8, 4) is 0 Å². The van der Waals surface area contributed by atoms with Gasteiger partial charge in [-0.3, -0.25) is 4.79 Å². The molecule has 1 aliphatic heterocycles. The predicted octanol–water partition coefficient (Wildman–Crippen LogP) is 3.01. The molecule has 3 rings (SSSR count). The topological polar surface area (TPSA) is 80.6 Å². The normalized spacial score (nSPS) is 18.4. The smallest absolute Gasteiger partial charge is 0.243 e. The van der Waals surface area contributed by atoms with E-state index in [2.05, 4.69) is 10.3 Å². The third kappa shape index (κ3) is 4.36. The average molecular weight is 389 g/mol. The van der Waals surface area contributed by atoms with Crippen molar-refractivity contribution in [2.24, 2.45) is 5.92 Å². The fourth-order valence-electron chi connectivity index (χ4n) is 3.27. The van der Waals surface area contributed by atoms with Crippen LogP contribution in [-0.2, 0) is 14.8 Å². The number of nitrogens with zero attached hydrogens (tertiary/aromatic N) is 1. The second kappa shape index (κ2) is 8.19. The Balaban J connectivity index is 1.85. The maximum absolute atomic E-state index is 13.2. The number of nitrogens with one attached hydrogen (secondary N) is 2. The van der Waals surface area contributed by atoms with Gasteiger partial charge in [0.1, 0.15) is 0 Å². The molecule has 1 aromatic carbocycles. The van der Waals surface area contributed by atoms with Crippen LogP contribution in [-0.4, -0.2) is 25.2 Å². The molecule has 1 atom stereocenters. The van der Waals surface area contributed by atoms with Gasteiger partial charge in [-0.25, -0.2) is 13.4 Å². The molecule has 1 unspecified atom stereocenters. The molecule has 7 heteroatoms. The van der Waals surface area contributed by atoms with Gasteiger partial charge in [0.25, 0.3) is 0 Å². The lowest BCUT2D eigenvalue weighted by Crippen LogP contribution is -2.38. The summed E-state index contributed by atoms with van der Waals surface area (Å²) < 4.78 is 28.1. The molecule has 2 N–H and O–H groups in total. The fourth-order valence-corrected chi connectivity index (χ4v) is 4.95. The minimum atomic E-state index is -3.61. The second-order valence-electron chi connectivity index (χ2n) is 7.13. The number of anilines is 1. The maximum atomic E-state index is 13.2. The quantitative estimate of drug-likeness (QED) is 0.855. The molecule has 0 spiro atoms. The highest BCUT2D eigenvalue weighted by Crippen LogP contribution is 2.35. The van der Waals surface area contributed by atoms with Crippen LogP contribution in [0.5, 0.6) is 0 Å². The van der Waals surface area contributed by atoms with E-state index in [1.807, 2.05) is 38.4 Å². The molecule has 0 saturated carbocycles. The van der Waals surface area contributed by atoms with E-state index in [1.165, 1.54) is 0 Å². The summed E-state index contributed by atoms with van der Waals surface area (Å²) in [6.45, 7) is 4.13. The van der Waals surface area contributed by atoms with Crippen LogP contribution in [0.25, 0.3) is 0 Å². The van der Waals surface area contributed by atoms with Gasteiger partial charge in [-0.15, -0.1) is 0 Å². The van der Waals surface area contributed by atoms with Crippen molar-refractivity contribution >= 4 is 21.6 Å². The molecule has 2 aromatic rings. The predicted molar refractivity (Wildman–Crippen MR) is 103 cm³/mol. The minimum Gasteiger partial charge on any atom is -0.326 e. The van der Waals surface area contributed by atoms with Gasteiger partial charge in [-0.2, -0.15) is 4.31 Å². The number of hydrogen-bond donors (Lipinski definition) is 1. The summed E-state index contributed by atoms with van der Waals surface area (Å²) in [7, 11) is -3.61. The highest BCUT2D eigenvalue weighted by molar-refractivity contribution is 7.89. The first kappa shape index (κ1) is 19.5. The van der Waals surface area contributed by atoms with E-state index in [0.29, 0.717) is 12.2 Å². The number of pyridine rings is 1. The highest BCUT2D eigenvalue weighted by Gasteiger charge is 2.35. The molecule has 6 nitrogen and oxygen atoms in total. The number of carbonyl (C=O) groups excluding carboxylic acids is 1. The van der Waals surface area contributed by atoms with Crippen LogP contribution in [0.3, 0.4) is 0 Å². The third-order valence-corrected chi connectivity index (χ3v) is 6.74. The molecule has 2 heterocycles. The van der Waals surface area contributed by atoms with Gasteiger partial charge in [0.2, 0.25) is 15.9 Å². The largest absolute Gasteiger partial charge is 0.326 e. The van der Waals surface area contributed by atoms with E-state index in [0.717, 1.165) is 24.8 Å². The SMILES string of the molecule is CC(C)C(=O)Nc1ccc(S(=O)(=O)N2CCCCC2c2ccc[nH+]c2)cc1. The molecule has 1 aliphatic rings. The molecule has 0 bridgehead atoms. The van der Waals surface area contributed by atoms with E-state index in [-0.39, 0.29) is 22.8 Å². The van der Waals surface area contributed by atoms with Gasteiger partial charge in [-0.1, -0.05) is 20.3 Å². The van der Waals surface area contributed by atoms with Gasteiger partial charge in [0, 0.05) is 29.8 Å². The van der Waals surface area contributed by atoms with Crippen LogP contribution in [0.4, 0.5) is 5.69 Å². The molecule has 27 heavy (non-hydrogen) atoms. The monoisotopic (exact) mass is 388 g/mol. The molecular formula is C20H26N3O3S+. The van der Waals surface area contributed by atoms with Crippen LogP contribution >= 0.6 is 0 Å². The number of aromatic amines is 1. The fraction of sp³-hybridized carbons (Fsp3) is 0.400. The van der Waals surface area contributed by atoms with Crippen LogP contribution in [0.2, 0.25) is 0 Å². The number of H-pyrrole nitrogens is 1. The first-order valence-electron chi connectivity index (χ1n) is 9.28. The summed E-state index contributed by atoms with van der Waals surface area (Å²) in [4.78, 5) is 15.1. The number of aromatic nitrogens is 1. The summed E-state index contributed by atoms with van der Waals surface area (Å²) in [6.07, 6.45) is 6.35. The highest BCUT2D eigenvalue weighted by atomic mass is 32.2. The van der Waals surface area contributed by atoms with Crippen molar-refractivity contribution in [3.63, 3.8) is 0 Å². The lowest BCUT2D eigenvalue weighted by Gasteiger charge is -2.34. The number of carbonyl (C=O) groups is 1. The number of sulfonamides is 1. The van der Waals surface area contributed by atoms with Gasteiger partial charge in [0.05, 0.1) is 10.9 Å². The average Bonchev–Trinajstić information content (AvgIpc) is 2.69. The van der Waals surface area contributed by atoms with Crippen molar-refractivity contribution in [2.75, 3.05) is 11.9 Å². The Morgan fingerprint density at radius 1 is 1.19 bits per heavy atom. The van der Waals surface area contributed by atoms with Crippen LogP contribution in [0, 0.1) is 5.92 Å². The molecule has 0 aliphatic carbocycles. The Kier molecular flexibility index (Phi) is 5.92. The van der Waals surface area contributed by atoms with Crippen LogP contribution in [0.1, 0.15) is 44.7 Å². The van der Waals surface area contributed by atoms with E-state index in [9.17, 15) is 13.2 Å². The lowest BCUT2D eigenvalue weighted by atomic mass is 9.99. The Morgan fingerprint density at radius 3 is 2.56 bits per heavy atom. The van der Waals surface area contributed by atoms with E-state index < -0.39 is 10.0 Å². The molecule has 0 radical (unpaired) electrons. The maximum Gasteiger partial charge on any atom is 0.243 e. The first-order valence-corrected chi connectivity index (χ1v) is 10.7. The first-order chi connectivity index (χ1) is 12.9. The van der Waals surface area contributed by atoms with Gasteiger partial charge in [0.15, 0.2) is 12.4 Å². The number of rotatable bonds is 5. The standard InChI is InChI=1S/C20H25N3O3S/c1-15(2)20(24)22-17-8-10-18(11-9-17)27(25,26)23-13-4-3-7-19(23)16-6-5-12-21-14-16/h5-6,8-12,14-15,19H,3-4,7,13H2,1-2H3,(H,22,24)/p+1.